The van der Waals surface area contributed by atoms with E-state index in [0.717, 1.165) is 24.5 Å². The van der Waals surface area contributed by atoms with Gasteiger partial charge in [0.15, 0.2) is 0 Å². The minimum atomic E-state index is -0.441. The van der Waals surface area contributed by atoms with Gasteiger partial charge >= 0.3 is 0 Å². The maximum absolute atomic E-state index is 10.6. The third-order valence-electron chi connectivity index (χ3n) is 2.64. The van der Waals surface area contributed by atoms with Crippen molar-refractivity contribution in [1.29, 1.82) is 0 Å². The highest BCUT2D eigenvalue weighted by Crippen LogP contribution is 2.17. The van der Waals surface area contributed by atoms with Crippen molar-refractivity contribution in [3.05, 3.63) is 30.0 Å². The molecule has 84 valence electrons. The molecule has 1 aliphatic rings. The van der Waals surface area contributed by atoms with Gasteiger partial charge in [0.1, 0.15) is 5.82 Å². The predicted octanol–water partition coefficient (Wildman–Crippen LogP) is 1.18. The quantitative estimate of drug-likeness (QED) is 0.773. The van der Waals surface area contributed by atoms with Gasteiger partial charge in [-0.3, -0.25) is 4.79 Å². The first-order valence-electron chi connectivity index (χ1n) is 5.44. The Morgan fingerprint density at radius 2 is 2.12 bits per heavy atom. The van der Waals surface area contributed by atoms with E-state index < -0.39 is 5.91 Å². The Bertz CT molecular complexity index is 391. The first kappa shape index (κ1) is 10.7. The van der Waals surface area contributed by atoms with Crippen LogP contribution in [0.15, 0.2) is 24.4 Å². The second-order valence-electron chi connectivity index (χ2n) is 3.88. The normalized spacial score (nSPS) is 15.9. The van der Waals surface area contributed by atoms with Gasteiger partial charge < -0.3 is 10.6 Å². The molecule has 0 aliphatic carbocycles. The van der Waals surface area contributed by atoms with Gasteiger partial charge in [-0.25, -0.2) is 4.98 Å². The van der Waals surface area contributed by atoms with Gasteiger partial charge in [0.2, 0.25) is 5.91 Å². The van der Waals surface area contributed by atoms with Crippen molar-refractivity contribution in [3.63, 3.8) is 0 Å². The number of nitrogens with zero attached hydrogens (tertiary/aromatic N) is 2. The summed E-state index contributed by atoms with van der Waals surface area (Å²) in [5.41, 5.74) is 5.91. The molecule has 2 heterocycles. The van der Waals surface area contributed by atoms with E-state index >= 15 is 0 Å². The molecule has 1 aromatic heterocycles. The minimum Gasteiger partial charge on any atom is -0.366 e. The van der Waals surface area contributed by atoms with Crippen LogP contribution in [0.1, 0.15) is 18.4 Å². The van der Waals surface area contributed by atoms with Crippen LogP contribution in [0.3, 0.4) is 0 Å². The highest BCUT2D eigenvalue weighted by Gasteiger charge is 2.12. The lowest BCUT2D eigenvalue weighted by Gasteiger charge is -2.15. The molecule has 4 nitrogen and oxygen atoms in total. The molecule has 0 atom stereocenters. The number of pyridine rings is 1. The van der Waals surface area contributed by atoms with E-state index in [-0.39, 0.29) is 0 Å². The van der Waals surface area contributed by atoms with Gasteiger partial charge in [0.05, 0.1) is 0 Å². The van der Waals surface area contributed by atoms with Gasteiger partial charge in [-0.05, 0) is 36.6 Å². The Balaban J connectivity index is 2.06. The average Bonchev–Trinajstić information content (AvgIpc) is 2.80. The van der Waals surface area contributed by atoms with Crippen LogP contribution >= 0.6 is 0 Å². The molecule has 0 saturated carbocycles. The molecule has 0 aromatic carbocycles. The monoisotopic (exact) mass is 217 g/mol. The zero-order valence-electron chi connectivity index (χ0n) is 9.10. The smallest absolute Gasteiger partial charge is 0.241 e. The molecular formula is C12H15N3O. The van der Waals surface area contributed by atoms with E-state index in [2.05, 4.69) is 9.88 Å². The first-order valence-corrected chi connectivity index (χ1v) is 5.44. The molecule has 0 spiro atoms. The van der Waals surface area contributed by atoms with Crippen LogP contribution in [-0.4, -0.2) is 24.0 Å². The van der Waals surface area contributed by atoms with Crippen LogP contribution in [0.25, 0.3) is 6.08 Å². The molecule has 1 amide bonds. The summed E-state index contributed by atoms with van der Waals surface area (Å²) in [4.78, 5) is 17.2. The Hall–Kier alpha value is -1.84. The number of carbonyl (C=O) groups excluding carboxylic acids is 1. The molecule has 1 saturated heterocycles. The maximum atomic E-state index is 10.6. The first-order chi connectivity index (χ1) is 7.75. The van der Waals surface area contributed by atoms with Crippen molar-refractivity contribution >= 4 is 17.8 Å². The number of amides is 1. The summed E-state index contributed by atoms with van der Waals surface area (Å²) >= 11 is 0. The van der Waals surface area contributed by atoms with Crippen molar-refractivity contribution in [1.82, 2.24) is 4.98 Å². The zero-order valence-corrected chi connectivity index (χ0v) is 9.10. The Kier molecular flexibility index (Phi) is 3.19. The van der Waals surface area contributed by atoms with Crippen molar-refractivity contribution in [2.75, 3.05) is 18.0 Å². The third kappa shape index (κ3) is 2.59. The van der Waals surface area contributed by atoms with Gasteiger partial charge in [-0.1, -0.05) is 0 Å². The number of hydrogen-bond donors (Lipinski definition) is 1. The standard InChI is InChI=1S/C12H15N3O/c13-11(16)5-3-10-4-6-12(14-9-10)15-7-1-2-8-15/h3-6,9H,1-2,7-8H2,(H2,13,16)/b5-3-. The maximum Gasteiger partial charge on any atom is 0.241 e. The van der Waals surface area contributed by atoms with Gasteiger partial charge in [0, 0.05) is 25.4 Å². The van der Waals surface area contributed by atoms with Crippen LogP contribution in [0.2, 0.25) is 0 Å². The lowest BCUT2D eigenvalue weighted by molar-refractivity contribution is -0.113. The molecule has 16 heavy (non-hydrogen) atoms. The molecule has 4 heteroatoms. The molecule has 1 aromatic rings. The highest BCUT2D eigenvalue weighted by atomic mass is 16.1. The van der Waals surface area contributed by atoms with Crippen molar-refractivity contribution in [2.24, 2.45) is 5.73 Å². The van der Waals surface area contributed by atoms with Crippen molar-refractivity contribution in [3.8, 4) is 0 Å². The second-order valence-corrected chi connectivity index (χ2v) is 3.88. The summed E-state index contributed by atoms with van der Waals surface area (Å²) in [6, 6.07) is 3.92. The van der Waals surface area contributed by atoms with E-state index in [0.29, 0.717) is 0 Å². The Labute approximate surface area is 94.8 Å². The fourth-order valence-electron chi connectivity index (χ4n) is 1.81. The van der Waals surface area contributed by atoms with E-state index in [1.165, 1.54) is 18.9 Å². The van der Waals surface area contributed by atoms with E-state index in [9.17, 15) is 4.79 Å². The van der Waals surface area contributed by atoms with Gasteiger partial charge in [-0.2, -0.15) is 0 Å². The summed E-state index contributed by atoms with van der Waals surface area (Å²) in [6.07, 6.45) is 7.25. The second kappa shape index (κ2) is 4.79. The number of primary amides is 1. The Morgan fingerprint density at radius 1 is 1.38 bits per heavy atom. The largest absolute Gasteiger partial charge is 0.366 e. The number of anilines is 1. The topological polar surface area (TPSA) is 59.2 Å². The van der Waals surface area contributed by atoms with Crippen LogP contribution in [0.5, 0.6) is 0 Å². The van der Waals surface area contributed by atoms with Crippen LogP contribution < -0.4 is 10.6 Å². The molecular weight excluding hydrogens is 202 g/mol. The fraction of sp³-hybridized carbons (Fsp3) is 0.333. The lowest BCUT2D eigenvalue weighted by atomic mass is 10.2. The molecule has 1 fully saturated rings. The van der Waals surface area contributed by atoms with Gasteiger partial charge in [-0.15, -0.1) is 0 Å². The number of carbonyl (C=O) groups is 1. The average molecular weight is 217 g/mol. The predicted molar refractivity (Wildman–Crippen MR) is 63.9 cm³/mol. The van der Waals surface area contributed by atoms with Crippen LogP contribution in [0, 0.1) is 0 Å². The molecule has 0 unspecified atom stereocenters. The third-order valence-corrected chi connectivity index (χ3v) is 2.64. The van der Waals surface area contributed by atoms with E-state index in [4.69, 9.17) is 5.73 Å². The molecule has 0 bridgehead atoms. The molecule has 1 aliphatic heterocycles. The van der Waals surface area contributed by atoms with Crippen molar-refractivity contribution < 1.29 is 4.79 Å². The number of rotatable bonds is 3. The summed E-state index contributed by atoms with van der Waals surface area (Å²) < 4.78 is 0. The highest BCUT2D eigenvalue weighted by molar-refractivity contribution is 5.90. The van der Waals surface area contributed by atoms with Crippen LogP contribution in [0.4, 0.5) is 5.82 Å². The summed E-state index contributed by atoms with van der Waals surface area (Å²) in [5.74, 6) is 0.567. The van der Waals surface area contributed by atoms with Crippen molar-refractivity contribution in [2.45, 2.75) is 12.8 Å². The molecule has 2 rings (SSSR count). The van der Waals surface area contributed by atoms with E-state index in [1.807, 2.05) is 12.1 Å². The van der Waals surface area contributed by atoms with E-state index in [1.54, 1.807) is 12.3 Å². The summed E-state index contributed by atoms with van der Waals surface area (Å²) in [5, 5.41) is 0. The molecule has 0 radical (unpaired) electrons. The fourth-order valence-corrected chi connectivity index (χ4v) is 1.81. The summed E-state index contributed by atoms with van der Waals surface area (Å²) in [7, 11) is 0. The van der Waals surface area contributed by atoms with Gasteiger partial charge in [0.25, 0.3) is 0 Å². The SMILES string of the molecule is NC(=O)/C=C\c1ccc(N2CCCC2)nc1. The lowest BCUT2D eigenvalue weighted by Crippen LogP contribution is -2.18. The minimum absolute atomic E-state index is 0.441. The number of hydrogen-bond acceptors (Lipinski definition) is 3. The zero-order chi connectivity index (χ0) is 11.4. The molecule has 2 N–H and O–H groups in total. The number of aromatic nitrogens is 1. The van der Waals surface area contributed by atoms with Crippen LogP contribution in [-0.2, 0) is 4.79 Å². The number of nitrogens with two attached hydrogens (primary N) is 1. The Morgan fingerprint density at radius 3 is 2.69 bits per heavy atom. The summed E-state index contributed by atoms with van der Waals surface area (Å²) in [6.45, 7) is 2.17.